The number of hydrogen-bond donors (Lipinski definition) is 2. The van der Waals surface area contributed by atoms with Crippen molar-refractivity contribution in [1.29, 1.82) is 0 Å². The fourth-order valence-corrected chi connectivity index (χ4v) is 2.61. The van der Waals surface area contributed by atoms with Crippen molar-refractivity contribution in [2.75, 3.05) is 10.6 Å². The monoisotopic (exact) mass is 426 g/mol. The molecule has 0 bridgehead atoms. The summed E-state index contributed by atoms with van der Waals surface area (Å²) in [6.45, 7) is 3.61. The Balaban J connectivity index is 1.91. The zero-order valence-electron chi connectivity index (χ0n) is 14.9. The van der Waals surface area contributed by atoms with Gasteiger partial charge in [-0.2, -0.15) is 5.10 Å². The SMILES string of the molecule is CC(C)C(=O)Nc1cc(C(=O)Nc2ccc(Br)cc2)nn1-c1ccccc1. The average molecular weight is 427 g/mol. The molecule has 27 heavy (non-hydrogen) atoms. The van der Waals surface area contributed by atoms with E-state index in [4.69, 9.17) is 0 Å². The zero-order chi connectivity index (χ0) is 19.4. The first kappa shape index (κ1) is 18.8. The van der Waals surface area contributed by atoms with Gasteiger partial charge >= 0.3 is 0 Å². The zero-order valence-corrected chi connectivity index (χ0v) is 16.5. The average Bonchev–Trinajstić information content (AvgIpc) is 3.08. The van der Waals surface area contributed by atoms with Gasteiger partial charge in [-0.1, -0.05) is 48.0 Å². The molecule has 0 unspecified atom stereocenters. The molecule has 0 aliphatic heterocycles. The lowest BCUT2D eigenvalue weighted by Gasteiger charge is -2.10. The molecule has 138 valence electrons. The van der Waals surface area contributed by atoms with Gasteiger partial charge < -0.3 is 10.6 Å². The summed E-state index contributed by atoms with van der Waals surface area (Å²) in [6, 6.07) is 18.2. The number of amides is 2. The Morgan fingerprint density at radius 2 is 1.67 bits per heavy atom. The number of para-hydroxylation sites is 1. The summed E-state index contributed by atoms with van der Waals surface area (Å²) in [4.78, 5) is 24.7. The van der Waals surface area contributed by atoms with Crippen LogP contribution < -0.4 is 10.6 Å². The molecule has 2 aromatic carbocycles. The number of aromatic nitrogens is 2. The van der Waals surface area contributed by atoms with Crippen molar-refractivity contribution in [3.05, 3.63) is 70.8 Å². The van der Waals surface area contributed by atoms with Gasteiger partial charge in [0.25, 0.3) is 5.91 Å². The summed E-state index contributed by atoms with van der Waals surface area (Å²) in [5, 5.41) is 10.0. The van der Waals surface area contributed by atoms with E-state index < -0.39 is 0 Å². The Bertz CT molecular complexity index is 950. The van der Waals surface area contributed by atoms with Crippen LogP contribution in [-0.4, -0.2) is 21.6 Å². The predicted molar refractivity (Wildman–Crippen MR) is 109 cm³/mol. The van der Waals surface area contributed by atoms with E-state index in [9.17, 15) is 9.59 Å². The summed E-state index contributed by atoms with van der Waals surface area (Å²) >= 11 is 3.36. The van der Waals surface area contributed by atoms with E-state index >= 15 is 0 Å². The lowest BCUT2D eigenvalue weighted by molar-refractivity contribution is -0.118. The fraction of sp³-hybridized carbons (Fsp3) is 0.150. The van der Waals surface area contributed by atoms with Gasteiger partial charge in [0, 0.05) is 22.1 Å². The van der Waals surface area contributed by atoms with Gasteiger partial charge in [0.1, 0.15) is 5.82 Å². The highest BCUT2D eigenvalue weighted by atomic mass is 79.9. The smallest absolute Gasteiger partial charge is 0.276 e. The Hall–Kier alpha value is -2.93. The third-order valence-corrected chi connectivity index (χ3v) is 4.35. The molecule has 1 heterocycles. The molecular weight excluding hydrogens is 408 g/mol. The van der Waals surface area contributed by atoms with E-state index in [1.807, 2.05) is 42.5 Å². The number of benzene rings is 2. The van der Waals surface area contributed by atoms with Gasteiger partial charge in [-0.25, -0.2) is 4.68 Å². The van der Waals surface area contributed by atoms with E-state index in [0.717, 1.165) is 10.2 Å². The van der Waals surface area contributed by atoms with Gasteiger partial charge in [0.15, 0.2) is 5.69 Å². The third kappa shape index (κ3) is 4.62. The van der Waals surface area contributed by atoms with Crippen molar-refractivity contribution in [2.24, 2.45) is 5.92 Å². The van der Waals surface area contributed by atoms with E-state index in [2.05, 4.69) is 31.7 Å². The first-order valence-electron chi connectivity index (χ1n) is 8.47. The maximum atomic E-state index is 12.6. The van der Waals surface area contributed by atoms with Crippen LogP contribution in [0.25, 0.3) is 5.69 Å². The van der Waals surface area contributed by atoms with Gasteiger partial charge in [0.2, 0.25) is 5.91 Å². The number of nitrogens with zero attached hydrogens (tertiary/aromatic N) is 2. The fourth-order valence-electron chi connectivity index (χ4n) is 2.35. The van der Waals surface area contributed by atoms with Gasteiger partial charge in [-0.05, 0) is 36.4 Å². The van der Waals surface area contributed by atoms with Crippen LogP contribution in [0.5, 0.6) is 0 Å². The number of nitrogens with one attached hydrogen (secondary N) is 2. The molecule has 0 radical (unpaired) electrons. The number of carbonyl (C=O) groups is 2. The quantitative estimate of drug-likeness (QED) is 0.631. The largest absolute Gasteiger partial charge is 0.321 e. The minimum Gasteiger partial charge on any atom is -0.321 e. The van der Waals surface area contributed by atoms with Crippen molar-refractivity contribution < 1.29 is 9.59 Å². The molecule has 0 aliphatic rings. The van der Waals surface area contributed by atoms with Crippen molar-refractivity contribution in [3.63, 3.8) is 0 Å². The molecule has 0 fully saturated rings. The maximum absolute atomic E-state index is 12.6. The molecular formula is C20H19BrN4O2. The molecule has 0 saturated heterocycles. The second kappa shape index (κ2) is 8.18. The Kier molecular flexibility index (Phi) is 5.71. The molecule has 2 N–H and O–H groups in total. The highest BCUT2D eigenvalue weighted by Gasteiger charge is 2.18. The van der Waals surface area contributed by atoms with Crippen LogP contribution >= 0.6 is 15.9 Å². The van der Waals surface area contributed by atoms with Crippen LogP contribution in [0.15, 0.2) is 65.1 Å². The maximum Gasteiger partial charge on any atom is 0.276 e. The first-order chi connectivity index (χ1) is 12.9. The van der Waals surface area contributed by atoms with E-state index in [-0.39, 0.29) is 23.4 Å². The molecule has 2 amide bonds. The molecule has 0 saturated carbocycles. The van der Waals surface area contributed by atoms with Crippen LogP contribution in [0, 0.1) is 5.92 Å². The highest BCUT2D eigenvalue weighted by molar-refractivity contribution is 9.10. The summed E-state index contributed by atoms with van der Waals surface area (Å²) < 4.78 is 2.48. The lowest BCUT2D eigenvalue weighted by Crippen LogP contribution is -2.19. The highest BCUT2D eigenvalue weighted by Crippen LogP contribution is 2.20. The van der Waals surface area contributed by atoms with Crippen molar-refractivity contribution in [3.8, 4) is 5.69 Å². The Labute approximate surface area is 165 Å². The standard InChI is InChI=1S/C20H19BrN4O2/c1-13(2)19(26)23-18-12-17(24-25(18)16-6-4-3-5-7-16)20(27)22-15-10-8-14(21)9-11-15/h3-13H,1-2H3,(H,22,27)(H,23,26). The number of halogens is 1. The van der Waals surface area contributed by atoms with Crippen LogP contribution in [0.3, 0.4) is 0 Å². The normalized spacial score (nSPS) is 10.7. The Morgan fingerprint density at radius 1 is 1.00 bits per heavy atom. The van der Waals surface area contributed by atoms with E-state index in [0.29, 0.717) is 11.5 Å². The van der Waals surface area contributed by atoms with Crippen LogP contribution in [0.1, 0.15) is 24.3 Å². The summed E-state index contributed by atoms with van der Waals surface area (Å²) in [6.07, 6.45) is 0. The van der Waals surface area contributed by atoms with Crippen LogP contribution in [0.4, 0.5) is 11.5 Å². The predicted octanol–water partition coefficient (Wildman–Crippen LogP) is 4.48. The van der Waals surface area contributed by atoms with Crippen LogP contribution in [0.2, 0.25) is 0 Å². The number of anilines is 2. The number of carbonyl (C=O) groups excluding carboxylic acids is 2. The van der Waals surface area contributed by atoms with Gasteiger partial charge in [-0.15, -0.1) is 0 Å². The number of hydrogen-bond acceptors (Lipinski definition) is 3. The summed E-state index contributed by atoms with van der Waals surface area (Å²) in [5.41, 5.74) is 1.62. The summed E-state index contributed by atoms with van der Waals surface area (Å²) in [7, 11) is 0. The molecule has 0 atom stereocenters. The lowest BCUT2D eigenvalue weighted by atomic mass is 10.2. The Morgan fingerprint density at radius 3 is 2.30 bits per heavy atom. The second-order valence-electron chi connectivity index (χ2n) is 6.27. The molecule has 0 aliphatic carbocycles. The summed E-state index contributed by atoms with van der Waals surface area (Å²) in [5.74, 6) is -0.246. The molecule has 7 heteroatoms. The molecule has 6 nitrogen and oxygen atoms in total. The van der Waals surface area contributed by atoms with Crippen LogP contribution in [-0.2, 0) is 4.79 Å². The molecule has 1 aromatic heterocycles. The third-order valence-electron chi connectivity index (χ3n) is 3.82. The van der Waals surface area contributed by atoms with E-state index in [1.165, 1.54) is 0 Å². The van der Waals surface area contributed by atoms with Gasteiger partial charge in [-0.3, -0.25) is 9.59 Å². The molecule has 3 rings (SSSR count). The topological polar surface area (TPSA) is 76.0 Å². The van der Waals surface area contributed by atoms with Crippen molar-refractivity contribution in [2.45, 2.75) is 13.8 Å². The van der Waals surface area contributed by atoms with Crippen molar-refractivity contribution >= 4 is 39.2 Å². The minimum atomic E-state index is -0.355. The minimum absolute atomic E-state index is 0.146. The molecule has 0 spiro atoms. The first-order valence-corrected chi connectivity index (χ1v) is 9.26. The van der Waals surface area contributed by atoms with Gasteiger partial charge in [0.05, 0.1) is 5.69 Å². The number of rotatable bonds is 5. The molecule has 3 aromatic rings. The van der Waals surface area contributed by atoms with Crippen molar-refractivity contribution in [1.82, 2.24) is 9.78 Å². The second-order valence-corrected chi connectivity index (χ2v) is 7.18. The van der Waals surface area contributed by atoms with E-state index in [1.54, 1.807) is 36.7 Å².